The number of hydrogen-bond donors (Lipinski definition) is 0. The molecule has 72 valence electrons. The second-order valence-electron chi connectivity index (χ2n) is 2.32. The maximum Gasteiger partial charge on any atom is 0.0632 e. The van der Waals surface area contributed by atoms with Crippen LogP contribution < -0.4 is 0 Å². The lowest BCUT2D eigenvalue weighted by Gasteiger charge is -2.20. The van der Waals surface area contributed by atoms with Gasteiger partial charge in [0.25, 0.3) is 0 Å². The zero-order valence-electron chi connectivity index (χ0n) is 8.91. The molecule has 0 unspecified atom stereocenters. The molecule has 0 amide bonds. The van der Waals surface area contributed by atoms with Gasteiger partial charge in [-0.3, -0.25) is 0 Å². The van der Waals surface area contributed by atoms with Crippen LogP contribution in [0, 0.1) is 0 Å². The van der Waals surface area contributed by atoms with Gasteiger partial charge in [0.15, 0.2) is 0 Å². The molecular formula is C11H18N2. The van der Waals surface area contributed by atoms with E-state index in [0.717, 1.165) is 5.70 Å². The number of hydrazone groups is 1. The monoisotopic (exact) mass is 178 g/mol. The second kappa shape index (κ2) is 6.23. The van der Waals surface area contributed by atoms with Crippen molar-refractivity contribution < 1.29 is 0 Å². The molecule has 1 heterocycles. The third kappa shape index (κ3) is 2.90. The van der Waals surface area contributed by atoms with Gasteiger partial charge in [0, 0.05) is 12.4 Å². The Labute approximate surface area is 80.9 Å². The van der Waals surface area contributed by atoms with Gasteiger partial charge in [0.2, 0.25) is 0 Å². The molecule has 0 aliphatic carbocycles. The number of nitrogens with zero attached hydrogens (tertiary/aromatic N) is 2. The lowest BCUT2D eigenvalue weighted by atomic mass is 10.2. The Balaban J connectivity index is 0.000000671. The van der Waals surface area contributed by atoms with Gasteiger partial charge in [-0.15, -0.1) is 0 Å². The third-order valence-electron chi connectivity index (χ3n) is 1.61. The van der Waals surface area contributed by atoms with Crippen LogP contribution in [0.1, 0.15) is 27.7 Å². The summed E-state index contributed by atoms with van der Waals surface area (Å²) in [5.74, 6) is 0. The van der Waals surface area contributed by atoms with Gasteiger partial charge in [-0.2, -0.15) is 5.10 Å². The van der Waals surface area contributed by atoms with E-state index < -0.39 is 0 Å². The van der Waals surface area contributed by atoms with Gasteiger partial charge in [0.1, 0.15) is 0 Å². The predicted molar refractivity (Wildman–Crippen MR) is 59.4 cm³/mol. The summed E-state index contributed by atoms with van der Waals surface area (Å²) in [6, 6.07) is 0. The summed E-state index contributed by atoms with van der Waals surface area (Å²) in [5.41, 5.74) is 2.31. The first-order chi connectivity index (χ1) is 6.29. The maximum absolute atomic E-state index is 4.10. The molecule has 0 fully saturated rings. The summed E-state index contributed by atoms with van der Waals surface area (Å²) in [5, 5.41) is 5.86. The molecule has 13 heavy (non-hydrogen) atoms. The predicted octanol–water partition coefficient (Wildman–Crippen LogP) is 3.31. The molecule has 0 aromatic heterocycles. The van der Waals surface area contributed by atoms with E-state index in [4.69, 9.17) is 0 Å². The van der Waals surface area contributed by atoms with Crippen LogP contribution in [-0.2, 0) is 0 Å². The van der Waals surface area contributed by atoms with Crippen molar-refractivity contribution >= 4 is 6.21 Å². The summed E-state index contributed by atoms with van der Waals surface area (Å²) in [6.45, 7) is 11.7. The highest BCUT2D eigenvalue weighted by Crippen LogP contribution is 2.17. The van der Waals surface area contributed by atoms with Crippen molar-refractivity contribution in [1.82, 2.24) is 5.01 Å². The minimum atomic E-state index is 1.10. The van der Waals surface area contributed by atoms with Gasteiger partial charge < -0.3 is 0 Å². The van der Waals surface area contributed by atoms with E-state index in [2.05, 4.69) is 18.6 Å². The molecule has 2 heteroatoms. The van der Waals surface area contributed by atoms with Crippen LogP contribution >= 0.6 is 0 Å². The SMILES string of the molecule is C=CN1N=CC=C(C)/C1=C/C.CC. The van der Waals surface area contributed by atoms with Crippen molar-refractivity contribution in [3.8, 4) is 0 Å². The first kappa shape index (κ1) is 11.7. The fourth-order valence-electron chi connectivity index (χ4n) is 1.05. The largest absolute Gasteiger partial charge is 0.242 e. The van der Waals surface area contributed by atoms with E-state index in [-0.39, 0.29) is 0 Å². The van der Waals surface area contributed by atoms with Gasteiger partial charge >= 0.3 is 0 Å². The minimum Gasteiger partial charge on any atom is -0.242 e. The van der Waals surface area contributed by atoms with Crippen molar-refractivity contribution in [2.24, 2.45) is 5.10 Å². The van der Waals surface area contributed by atoms with Gasteiger partial charge in [0.05, 0.1) is 5.70 Å². The van der Waals surface area contributed by atoms with E-state index in [9.17, 15) is 0 Å². The average molecular weight is 178 g/mol. The molecule has 2 nitrogen and oxygen atoms in total. The zero-order valence-corrected chi connectivity index (χ0v) is 8.91. The Morgan fingerprint density at radius 3 is 2.46 bits per heavy atom. The molecule has 0 bridgehead atoms. The van der Waals surface area contributed by atoms with Crippen LogP contribution in [0.5, 0.6) is 0 Å². The second-order valence-corrected chi connectivity index (χ2v) is 2.32. The summed E-state index contributed by atoms with van der Waals surface area (Å²) < 4.78 is 0. The molecular weight excluding hydrogens is 160 g/mol. The Morgan fingerprint density at radius 1 is 1.46 bits per heavy atom. The first-order valence-corrected chi connectivity index (χ1v) is 4.59. The van der Waals surface area contributed by atoms with Crippen LogP contribution in [0.2, 0.25) is 0 Å². The van der Waals surface area contributed by atoms with Gasteiger partial charge in [-0.25, -0.2) is 5.01 Å². The lowest BCUT2D eigenvalue weighted by Crippen LogP contribution is -2.13. The number of rotatable bonds is 1. The highest BCUT2D eigenvalue weighted by molar-refractivity contribution is 5.74. The van der Waals surface area contributed by atoms with E-state index in [1.54, 1.807) is 17.4 Å². The molecule has 0 aromatic rings. The molecule has 0 atom stereocenters. The number of allylic oxidation sites excluding steroid dienone is 3. The zero-order chi connectivity index (χ0) is 10.3. The van der Waals surface area contributed by atoms with Crippen LogP contribution in [-0.4, -0.2) is 11.2 Å². The Morgan fingerprint density at radius 2 is 2.08 bits per heavy atom. The molecule has 0 radical (unpaired) electrons. The highest BCUT2D eigenvalue weighted by Gasteiger charge is 2.07. The van der Waals surface area contributed by atoms with E-state index in [1.165, 1.54) is 5.57 Å². The Kier molecular flexibility index (Phi) is 5.60. The van der Waals surface area contributed by atoms with Gasteiger partial charge in [-0.1, -0.05) is 26.5 Å². The van der Waals surface area contributed by atoms with E-state index >= 15 is 0 Å². The summed E-state index contributed by atoms with van der Waals surface area (Å²) >= 11 is 0. The molecule has 0 N–H and O–H groups in total. The average Bonchev–Trinajstić information content (AvgIpc) is 2.20. The molecule has 0 spiro atoms. The van der Waals surface area contributed by atoms with E-state index in [0.29, 0.717) is 0 Å². The first-order valence-electron chi connectivity index (χ1n) is 4.59. The molecule has 0 saturated heterocycles. The molecule has 1 rings (SSSR count). The summed E-state index contributed by atoms with van der Waals surface area (Å²) in [4.78, 5) is 0. The van der Waals surface area contributed by atoms with Crippen molar-refractivity contribution in [1.29, 1.82) is 0 Å². The van der Waals surface area contributed by atoms with Gasteiger partial charge in [-0.05, 0) is 25.5 Å². The van der Waals surface area contributed by atoms with Crippen LogP contribution in [0.25, 0.3) is 0 Å². The quantitative estimate of drug-likeness (QED) is 0.601. The molecule has 1 aliphatic rings. The van der Waals surface area contributed by atoms with Crippen molar-refractivity contribution in [2.45, 2.75) is 27.7 Å². The minimum absolute atomic E-state index is 1.10. The molecule has 1 aliphatic heterocycles. The summed E-state index contributed by atoms with van der Waals surface area (Å²) in [6.07, 6.45) is 7.46. The van der Waals surface area contributed by atoms with Crippen molar-refractivity contribution in [3.63, 3.8) is 0 Å². The Hall–Kier alpha value is -1.31. The fraction of sp³-hybridized carbons (Fsp3) is 0.364. The normalized spacial score (nSPS) is 17.7. The number of hydrogen-bond acceptors (Lipinski definition) is 2. The van der Waals surface area contributed by atoms with Crippen LogP contribution in [0.15, 0.2) is 41.3 Å². The van der Waals surface area contributed by atoms with Crippen LogP contribution in [0.3, 0.4) is 0 Å². The lowest BCUT2D eigenvalue weighted by molar-refractivity contribution is 0.505. The van der Waals surface area contributed by atoms with Crippen molar-refractivity contribution in [2.75, 3.05) is 0 Å². The fourth-order valence-corrected chi connectivity index (χ4v) is 1.05. The van der Waals surface area contributed by atoms with Crippen LogP contribution in [0.4, 0.5) is 0 Å². The summed E-state index contributed by atoms with van der Waals surface area (Å²) in [7, 11) is 0. The smallest absolute Gasteiger partial charge is 0.0632 e. The Bertz CT molecular complexity index is 247. The molecule has 0 aromatic carbocycles. The maximum atomic E-state index is 4.10. The topological polar surface area (TPSA) is 15.6 Å². The molecule has 0 saturated carbocycles. The standard InChI is InChI=1S/C9H12N2.C2H6/c1-4-9-8(3)6-7-10-11(9)5-2;1-2/h4-7H,2H2,1,3H3;1-2H3/b9-4-;. The van der Waals surface area contributed by atoms with Crippen molar-refractivity contribution in [3.05, 3.63) is 36.2 Å². The third-order valence-corrected chi connectivity index (χ3v) is 1.61. The van der Waals surface area contributed by atoms with E-state index in [1.807, 2.05) is 32.9 Å². The highest BCUT2D eigenvalue weighted by atomic mass is 15.4.